The maximum Gasteiger partial charge on any atom is 0.343 e. The van der Waals surface area contributed by atoms with Gasteiger partial charge in [-0.2, -0.15) is 0 Å². The number of carbonyl (C=O) groups is 1. The predicted octanol–water partition coefficient (Wildman–Crippen LogP) is 1.19. The van der Waals surface area contributed by atoms with Crippen molar-refractivity contribution >= 4 is 35.0 Å². The Labute approximate surface area is 116 Å². The number of nitrogens with one attached hydrogen (secondary N) is 1. The van der Waals surface area contributed by atoms with Crippen LogP contribution in [0.3, 0.4) is 0 Å². The van der Waals surface area contributed by atoms with Gasteiger partial charge >= 0.3 is 11.7 Å². The van der Waals surface area contributed by atoms with Crippen LogP contribution in [0.15, 0.2) is 27.0 Å². The zero-order valence-corrected chi connectivity index (χ0v) is 11.2. The van der Waals surface area contributed by atoms with Gasteiger partial charge < -0.3 is 10.8 Å². The molecule has 100 valence electrons. The molecule has 0 amide bonds. The summed E-state index contributed by atoms with van der Waals surface area (Å²) in [6.45, 7) is 0. The van der Waals surface area contributed by atoms with Gasteiger partial charge in [0.1, 0.15) is 0 Å². The summed E-state index contributed by atoms with van der Waals surface area (Å²) in [5.41, 5.74) is 5.38. The second kappa shape index (κ2) is 4.98. The van der Waals surface area contributed by atoms with Crippen LogP contribution in [-0.2, 0) is 7.05 Å². The molecular weight excluding hydrogens is 292 g/mol. The van der Waals surface area contributed by atoms with Crippen molar-refractivity contribution in [3.05, 3.63) is 33.2 Å². The molecular formula is C10H9ClN4O3S. The maximum atomic E-state index is 11.3. The molecule has 0 atom stereocenters. The first-order chi connectivity index (χ1) is 8.90. The molecule has 0 aliphatic rings. The zero-order valence-electron chi connectivity index (χ0n) is 9.68. The number of rotatable bonds is 3. The van der Waals surface area contributed by atoms with Crippen molar-refractivity contribution in [1.82, 2.24) is 14.8 Å². The van der Waals surface area contributed by atoms with Crippen LogP contribution in [-0.4, -0.2) is 25.8 Å². The summed E-state index contributed by atoms with van der Waals surface area (Å²) < 4.78 is 1.25. The van der Waals surface area contributed by atoms with Crippen molar-refractivity contribution in [1.29, 1.82) is 0 Å². The standard InChI is InChI=1S/C10H9ClN4O3S/c1-15-9(18)13-14-10(15)19-7-5(8(16)17)2-4(12)3-6(7)11/h2-3H,12H2,1H3,(H,13,18)(H,16,17). The van der Waals surface area contributed by atoms with E-state index in [9.17, 15) is 9.59 Å². The first kappa shape index (κ1) is 13.5. The molecule has 9 heteroatoms. The van der Waals surface area contributed by atoms with Crippen molar-refractivity contribution < 1.29 is 9.90 Å². The molecule has 0 bridgehead atoms. The van der Waals surface area contributed by atoms with E-state index >= 15 is 0 Å². The van der Waals surface area contributed by atoms with E-state index in [0.717, 1.165) is 11.8 Å². The summed E-state index contributed by atoms with van der Waals surface area (Å²) in [4.78, 5) is 22.7. The first-order valence-corrected chi connectivity index (χ1v) is 6.21. The number of nitrogens with two attached hydrogens (primary N) is 1. The molecule has 0 aliphatic heterocycles. The fourth-order valence-corrected chi connectivity index (χ4v) is 2.64. The van der Waals surface area contributed by atoms with E-state index in [-0.39, 0.29) is 21.2 Å². The number of hydrogen-bond donors (Lipinski definition) is 3. The minimum atomic E-state index is -1.16. The van der Waals surface area contributed by atoms with Crippen molar-refractivity contribution in [3.63, 3.8) is 0 Å². The maximum absolute atomic E-state index is 11.3. The Morgan fingerprint density at radius 1 is 1.58 bits per heavy atom. The molecule has 0 spiro atoms. The van der Waals surface area contributed by atoms with Crippen LogP contribution in [0.2, 0.25) is 5.02 Å². The van der Waals surface area contributed by atoms with E-state index in [1.807, 2.05) is 0 Å². The van der Waals surface area contributed by atoms with Gasteiger partial charge in [-0.15, -0.1) is 5.10 Å². The summed E-state index contributed by atoms with van der Waals surface area (Å²) in [6, 6.07) is 2.75. The molecule has 19 heavy (non-hydrogen) atoms. The number of aromatic nitrogens is 3. The van der Waals surface area contributed by atoms with Crippen molar-refractivity contribution in [2.75, 3.05) is 5.73 Å². The minimum Gasteiger partial charge on any atom is -0.478 e. The fourth-order valence-electron chi connectivity index (χ4n) is 1.39. The second-order valence-electron chi connectivity index (χ2n) is 3.66. The highest BCUT2D eigenvalue weighted by Crippen LogP contribution is 2.36. The largest absolute Gasteiger partial charge is 0.478 e. The van der Waals surface area contributed by atoms with Crippen LogP contribution in [0, 0.1) is 0 Å². The molecule has 0 radical (unpaired) electrons. The Balaban J connectivity index is 2.53. The Bertz CT molecular complexity index is 709. The molecule has 1 heterocycles. The molecule has 2 rings (SSSR count). The Hall–Kier alpha value is -1.93. The summed E-state index contributed by atoms with van der Waals surface area (Å²) >= 11 is 6.98. The van der Waals surface area contributed by atoms with Crippen LogP contribution < -0.4 is 11.4 Å². The van der Waals surface area contributed by atoms with Crippen LogP contribution in [0.4, 0.5) is 5.69 Å². The molecule has 4 N–H and O–H groups in total. The highest BCUT2D eigenvalue weighted by atomic mass is 35.5. The third-order valence-electron chi connectivity index (χ3n) is 2.33. The lowest BCUT2D eigenvalue weighted by molar-refractivity contribution is 0.0693. The quantitative estimate of drug-likeness (QED) is 0.734. The molecule has 0 unspecified atom stereocenters. The van der Waals surface area contributed by atoms with Crippen molar-refractivity contribution in [2.45, 2.75) is 10.1 Å². The lowest BCUT2D eigenvalue weighted by Gasteiger charge is -2.08. The van der Waals surface area contributed by atoms with E-state index in [2.05, 4.69) is 10.2 Å². The van der Waals surface area contributed by atoms with Crippen LogP contribution >= 0.6 is 23.4 Å². The zero-order chi connectivity index (χ0) is 14.2. The summed E-state index contributed by atoms with van der Waals surface area (Å²) in [5, 5.41) is 15.7. The average Bonchev–Trinajstić information content (AvgIpc) is 2.63. The van der Waals surface area contributed by atoms with E-state index < -0.39 is 11.7 Å². The van der Waals surface area contributed by atoms with Crippen LogP contribution in [0.5, 0.6) is 0 Å². The normalized spacial score (nSPS) is 10.6. The van der Waals surface area contributed by atoms with Gasteiger partial charge in [-0.3, -0.25) is 4.57 Å². The number of H-pyrrole nitrogens is 1. The van der Waals surface area contributed by atoms with Crippen molar-refractivity contribution in [2.24, 2.45) is 7.05 Å². The lowest BCUT2D eigenvalue weighted by Crippen LogP contribution is -2.13. The summed E-state index contributed by atoms with van der Waals surface area (Å²) in [5.74, 6) is -1.16. The lowest BCUT2D eigenvalue weighted by atomic mass is 10.2. The molecule has 0 fully saturated rings. The number of nitrogen functional groups attached to an aromatic ring is 1. The van der Waals surface area contributed by atoms with Gasteiger partial charge in [-0.1, -0.05) is 11.6 Å². The molecule has 0 saturated heterocycles. The Morgan fingerprint density at radius 2 is 2.26 bits per heavy atom. The number of halogens is 1. The molecule has 1 aromatic heterocycles. The SMILES string of the molecule is Cn1c(Sc2c(Cl)cc(N)cc2C(=O)O)n[nH]c1=O. The first-order valence-electron chi connectivity index (χ1n) is 5.01. The van der Waals surface area contributed by atoms with E-state index in [4.69, 9.17) is 22.4 Å². The summed E-state index contributed by atoms with van der Waals surface area (Å²) in [6.07, 6.45) is 0. The number of hydrogen-bond acceptors (Lipinski definition) is 5. The van der Waals surface area contributed by atoms with Gasteiger partial charge in [-0.05, 0) is 23.9 Å². The Morgan fingerprint density at radius 3 is 2.79 bits per heavy atom. The molecule has 7 nitrogen and oxygen atoms in total. The number of aromatic carboxylic acids is 1. The van der Waals surface area contributed by atoms with Crippen LogP contribution in [0.1, 0.15) is 10.4 Å². The molecule has 1 aromatic carbocycles. The number of nitrogens with zero attached hydrogens (tertiary/aromatic N) is 2. The van der Waals surface area contributed by atoms with Gasteiger partial charge in [-0.25, -0.2) is 14.7 Å². The number of carboxylic acid groups (broad SMARTS) is 1. The predicted molar refractivity (Wildman–Crippen MR) is 70.8 cm³/mol. The highest BCUT2D eigenvalue weighted by molar-refractivity contribution is 7.99. The van der Waals surface area contributed by atoms with Gasteiger partial charge in [0.05, 0.1) is 10.6 Å². The van der Waals surface area contributed by atoms with Gasteiger partial charge in [0.15, 0.2) is 5.16 Å². The molecule has 2 aromatic rings. The topological polar surface area (TPSA) is 114 Å². The number of benzene rings is 1. The van der Waals surface area contributed by atoms with E-state index in [1.54, 1.807) is 0 Å². The average molecular weight is 301 g/mol. The fraction of sp³-hybridized carbons (Fsp3) is 0.100. The number of carboxylic acids is 1. The van der Waals surface area contributed by atoms with Gasteiger partial charge in [0, 0.05) is 17.6 Å². The number of anilines is 1. The smallest absolute Gasteiger partial charge is 0.343 e. The highest BCUT2D eigenvalue weighted by Gasteiger charge is 2.18. The third-order valence-corrected chi connectivity index (χ3v) is 3.93. The van der Waals surface area contributed by atoms with Crippen molar-refractivity contribution in [3.8, 4) is 0 Å². The second-order valence-corrected chi connectivity index (χ2v) is 5.04. The monoisotopic (exact) mass is 300 g/mol. The Kier molecular flexibility index (Phi) is 3.54. The van der Waals surface area contributed by atoms with E-state index in [1.165, 1.54) is 23.7 Å². The molecule has 0 saturated carbocycles. The van der Waals surface area contributed by atoms with Gasteiger partial charge in [0.2, 0.25) is 0 Å². The molecule has 0 aliphatic carbocycles. The summed E-state index contributed by atoms with van der Waals surface area (Å²) in [7, 11) is 1.51. The van der Waals surface area contributed by atoms with E-state index in [0.29, 0.717) is 5.16 Å². The van der Waals surface area contributed by atoms with Gasteiger partial charge in [0.25, 0.3) is 0 Å². The third kappa shape index (κ3) is 2.59. The van der Waals surface area contributed by atoms with Crippen LogP contribution in [0.25, 0.3) is 0 Å². The number of aromatic amines is 1. The minimum absolute atomic E-state index is 0.0366.